The van der Waals surface area contributed by atoms with Gasteiger partial charge in [-0.15, -0.1) is 0 Å². The van der Waals surface area contributed by atoms with Crippen LogP contribution < -0.4 is 0 Å². The van der Waals surface area contributed by atoms with E-state index in [-0.39, 0.29) is 0 Å². The number of hydrogen-bond donors (Lipinski definition) is 0. The van der Waals surface area contributed by atoms with Crippen molar-refractivity contribution in [3.8, 4) is 22.6 Å². The van der Waals surface area contributed by atoms with E-state index in [4.69, 9.17) is 4.98 Å². The van der Waals surface area contributed by atoms with Crippen LogP contribution in [0.3, 0.4) is 0 Å². The van der Waals surface area contributed by atoms with Gasteiger partial charge < -0.3 is 0 Å². The molecule has 0 aliphatic heterocycles. The van der Waals surface area contributed by atoms with Crippen molar-refractivity contribution in [1.82, 2.24) is 9.97 Å². The van der Waals surface area contributed by atoms with Crippen molar-refractivity contribution < 1.29 is 0 Å². The molecule has 2 heterocycles. The first-order valence-electron chi connectivity index (χ1n) is 9.45. The van der Waals surface area contributed by atoms with Crippen LogP contribution in [0.15, 0.2) is 85.1 Å². The molecular weight excluding hydrogens is 328 g/mol. The van der Waals surface area contributed by atoms with Gasteiger partial charge in [-0.2, -0.15) is 0 Å². The summed E-state index contributed by atoms with van der Waals surface area (Å²) in [6, 6.07) is 27.7. The topological polar surface area (TPSA) is 25.8 Å². The summed E-state index contributed by atoms with van der Waals surface area (Å²) >= 11 is 0. The van der Waals surface area contributed by atoms with Gasteiger partial charge in [0.1, 0.15) is 0 Å². The Bertz CT molecular complexity index is 1090. The van der Waals surface area contributed by atoms with Crippen LogP contribution in [0.4, 0.5) is 0 Å². The van der Waals surface area contributed by atoms with E-state index in [1.165, 1.54) is 22.3 Å². The van der Waals surface area contributed by atoms with Crippen molar-refractivity contribution in [3.05, 3.63) is 107 Å². The van der Waals surface area contributed by atoms with Crippen molar-refractivity contribution in [3.63, 3.8) is 0 Å². The molecule has 0 radical (unpaired) electrons. The van der Waals surface area contributed by atoms with E-state index in [9.17, 15) is 0 Å². The molecule has 0 saturated heterocycles. The average Bonchev–Trinajstić information content (AvgIpc) is 2.74. The van der Waals surface area contributed by atoms with E-state index < -0.39 is 0 Å². The van der Waals surface area contributed by atoms with E-state index in [1.54, 1.807) is 0 Å². The molecule has 0 fully saturated rings. The molecule has 1 aliphatic carbocycles. The van der Waals surface area contributed by atoms with Gasteiger partial charge >= 0.3 is 0 Å². The van der Waals surface area contributed by atoms with E-state index in [1.807, 2.05) is 12.3 Å². The number of nitrogens with zero attached hydrogens (tertiary/aromatic N) is 2. The number of aromatic nitrogens is 2. The zero-order chi connectivity index (χ0) is 18.1. The van der Waals surface area contributed by atoms with Crippen LogP contribution in [0.2, 0.25) is 0 Å². The highest BCUT2D eigenvalue weighted by Crippen LogP contribution is 2.35. The number of hydrogen-bond acceptors (Lipinski definition) is 2. The number of benzene rings is 2. The lowest BCUT2D eigenvalue weighted by Gasteiger charge is -2.21. The maximum atomic E-state index is 5.16. The number of aryl methyl sites for hydroxylation is 2. The quantitative estimate of drug-likeness (QED) is 0.488. The Morgan fingerprint density at radius 3 is 2.22 bits per heavy atom. The molecule has 2 aromatic carbocycles. The molecule has 0 N–H and O–H groups in total. The summed E-state index contributed by atoms with van der Waals surface area (Å²) in [6.45, 7) is 0. The van der Waals surface area contributed by atoms with Crippen molar-refractivity contribution in [2.45, 2.75) is 19.3 Å². The molecule has 5 rings (SSSR count). The van der Waals surface area contributed by atoms with Gasteiger partial charge in [-0.05, 0) is 47.6 Å². The molecule has 4 aromatic rings. The summed E-state index contributed by atoms with van der Waals surface area (Å²) < 4.78 is 0. The molecule has 27 heavy (non-hydrogen) atoms. The van der Waals surface area contributed by atoms with Gasteiger partial charge in [0, 0.05) is 11.8 Å². The summed E-state index contributed by atoms with van der Waals surface area (Å²) in [5, 5.41) is 0. The van der Waals surface area contributed by atoms with Gasteiger partial charge in [0.15, 0.2) is 0 Å². The first-order valence-corrected chi connectivity index (χ1v) is 9.45. The van der Waals surface area contributed by atoms with Crippen molar-refractivity contribution in [1.29, 1.82) is 0 Å². The predicted molar refractivity (Wildman–Crippen MR) is 110 cm³/mol. The summed E-state index contributed by atoms with van der Waals surface area (Å²) in [4.78, 5) is 9.81. The first-order chi connectivity index (χ1) is 13.4. The molecular formula is C25H20N2. The third kappa shape index (κ3) is 3.04. The lowest BCUT2D eigenvalue weighted by atomic mass is 9.89. The highest BCUT2D eigenvalue weighted by atomic mass is 14.8. The normalized spacial score (nSPS) is 12.3. The van der Waals surface area contributed by atoms with Crippen molar-refractivity contribution >= 4 is 0 Å². The van der Waals surface area contributed by atoms with Gasteiger partial charge in [-0.1, -0.05) is 72.8 Å². The van der Waals surface area contributed by atoms with Crippen LogP contribution >= 0.6 is 0 Å². The van der Waals surface area contributed by atoms with Crippen LogP contribution in [-0.2, 0) is 19.3 Å². The standard InChI is InChI=1S/C25H20N2/c1-3-8-18(9-4-1)16-22-17-21-14-13-20-12-7-15-26-24(20)25(21)27-23(22)19-10-5-2-6-11-19/h1-12,15,17H,13-14,16H2. The average molecular weight is 348 g/mol. The second-order valence-corrected chi connectivity index (χ2v) is 7.04. The van der Waals surface area contributed by atoms with Gasteiger partial charge in [0.05, 0.1) is 17.1 Å². The third-order valence-electron chi connectivity index (χ3n) is 5.24. The van der Waals surface area contributed by atoms with Crippen LogP contribution in [0, 0.1) is 0 Å². The minimum Gasteiger partial charge on any atom is -0.254 e. The fourth-order valence-corrected chi connectivity index (χ4v) is 3.92. The van der Waals surface area contributed by atoms with E-state index in [0.29, 0.717) is 0 Å². The molecule has 2 nitrogen and oxygen atoms in total. The Morgan fingerprint density at radius 1 is 0.667 bits per heavy atom. The Balaban J connectivity index is 1.69. The molecule has 0 unspecified atom stereocenters. The largest absolute Gasteiger partial charge is 0.254 e. The Hall–Kier alpha value is -3.26. The smallest absolute Gasteiger partial charge is 0.0928 e. The molecule has 130 valence electrons. The minimum absolute atomic E-state index is 0.889. The maximum Gasteiger partial charge on any atom is 0.0928 e. The van der Waals surface area contributed by atoms with Gasteiger partial charge in [-0.25, -0.2) is 4.98 Å². The molecule has 0 bridgehead atoms. The number of fused-ring (bicyclic) bond motifs is 3. The molecule has 2 heteroatoms. The zero-order valence-corrected chi connectivity index (χ0v) is 15.1. The summed E-state index contributed by atoms with van der Waals surface area (Å²) in [6.07, 6.45) is 4.82. The Kier molecular flexibility index (Phi) is 4.02. The van der Waals surface area contributed by atoms with E-state index in [2.05, 4.69) is 77.8 Å². The maximum absolute atomic E-state index is 5.16. The fraction of sp³-hybridized carbons (Fsp3) is 0.120. The number of rotatable bonds is 3. The zero-order valence-electron chi connectivity index (χ0n) is 15.1. The summed E-state index contributed by atoms with van der Waals surface area (Å²) in [5.74, 6) is 0. The molecule has 1 aliphatic rings. The second kappa shape index (κ2) is 6.81. The van der Waals surface area contributed by atoms with Crippen LogP contribution in [-0.4, -0.2) is 9.97 Å². The first kappa shape index (κ1) is 16.0. The highest BCUT2D eigenvalue weighted by Gasteiger charge is 2.21. The predicted octanol–water partition coefficient (Wildman–Crippen LogP) is 5.50. The van der Waals surface area contributed by atoms with Gasteiger partial charge in [0.25, 0.3) is 0 Å². The highest BCUT2D eigenvalue weighted by molar-refractivity contribution is 5.73. The third-order valence-corrected chi connectivity index (χ3v) is 5.24. The van der Waals surface area contributed by atoms with Crippen LogP contribution in [0.5, 0.6) is 0 Å². The Labute approximate surface area is 159 Å². The van der Waals surface area contributed by atoms with Crippen molar-refractivity contribution in [2.75, 3.05) is 0 Å². The number of pyridine rings is 2. The molecule has 0 saturated carbocycles. The summed E-state index contributed by atoms with van der Waals surface area (Å²) in [5.41, 5.74) is 9.52. The Morgan fingerprint density at radius 2 is 1.41 bits per heavy atom. The molecule has 0 amide bonds. The van der Waals surface area contributed by atoms with Crippen molar-refractivity contribution in [2.24, 2.45) is 0 Å². The SMILES string of the molecule is c1ccc(Cc2cc3c(nc2-c2ccccc2)-c2ncccc2CC3)cc1. The lowest BCUT2D eigenvalue weighted by Crippen LogP contribution is -2.10. The van der Waals surface area contributed by atoms with E-state index in [0.717, 1.165) is 41.9 Å². The van der Waals surface area contributed by atoms with Crippen LogP contribution in [0.25, 0.3) is 22.6 Å². The van der Waals surface area contributed by atoms with Gasteiger partial charge in [0.2, 0.25) is 0 Å². The van der Waals surface area contributed by atoms with E-state index >= 15 is 0 Å². The molecule has 0 atom stereocenters. The monoisotopic (exact) mass is 348 g/mol. The van der Waals surface area contributed by atoms with Gasteiger partial charge in [-0.3, -0.25) is 4.98 Å². The molecule has 0 spiro atoms. The summed E-state index contributed by atoms with van der Waals surface area (Å²) in [7, 11) is 0. The minimum atomic E-state index is 0.889. The second-order valence-electron chi connectivity index (χ2n) is 7.04. The van der Waals surface area contributed by atoms with Crippen LogP contribution in [0.1, 0.15) is 22.3 Å². The molecule has 2 aromatic heterocycles. The fourth-order valence-electron chi connectivity index (χ4n) is 3.92. The lowest BCUT2D eigenvalue weighted by molar-refractivity contribution is 0.907.